The van der Waals surface area contributed by atoms with Gasteiger partial charge in [0.05, 0.1) is 5.56 Å². The Labute approximate surface area is 198 Å². The van der Waals surface area contributed by atoms with Gasteiger partial charge in [-0.1, -0.05) is 38.3 Å². The molecule has 2 aliphatic rings. The van der Waals surface area contributed by atoms with Gasteiger partial charge in [0.15, 0.2) is 0 Å². The van der Waals surface area contributed by atoms with Gasteiger partial charge in [0.2, 0.25) is 0 Å². The Balaban J connectivity index is 1.34. The largest absolute Gasteiger partial charge is 0.429 e. The van der Waals surface area contributed by atoms with Gasteiger partial charge >= 0.3 is 6.11 Å². The molecular weight excluding hydrogens is 442 g/mol. The lowest BCUT2D eigenvalue weighted by Gasteiger charge is -2.38. The quantitative estimate of drug-likeness (QED) is 0.394. The zero-order valence-electron chi connectivity index (χ0n) is 19.5. The molecule has 2 aliphatic carbocycles. The van der Waals surface area contributed by atoms with Crippen molar-refractivity contribution in [3.05, 3.63) is 64.7 Å². The number of hydrogen-bond donors (Lipinski definition) is 0. The van der Waals surface area contributed by atoms with E-state index < -0.39 is 28.9 Å². The summed E-state index contributed by atoms with van der Waals surface area (Å²) in [4.78, 5) is 0. The van der Waals surface area contributed by atoms with Crippen molar-refractivity contribution < 1.29 is 22.3 Å². The molecule has 0 aliphatic heterocycles. The first-order chi connectivity index (χ1) is 16.3. The van der Waals surface area contributed by atoms with Crippen LogP contribution >= 0.6 is 0 Å². The fourth-order valence-corrected chi connectivity index (χ4v) is 5.85. The first-order valence-corrected chi connectivity index (χ1v) is 12.4. The topological polar surface area (TPSA) is 33.0 Å². The molecule has 0 bridgehead atoms. The SMILES string of the molecule is CCC1CCC(C2CCC(c3ccc(OC(F)(F)c4cc(F)c(C#N)c(F)c4)cc3)CC2)CC1. The number of nitriles is 1. The van der Waals surface area contributed by atoms with Crippen LogP contribution in [0.4, 0.5) is 17.6 Å². The minimum absolute atomic E-state index is 0.0831. The third kappa shape index (κ3) is 5.40. The fourth-order valence-electron chi connectivity index (χ4n) is 5.85. The Morgan fingerprint density at radius 1 is 0.882 bits per heavy atom. The zero-order chi connectivity index (χ0) is 24.3. The normalized spacial score (nSPS) is 25.5. The molecular formula is C28H31F4NO. The van der Waals surface area contributed by atoms with E-state index in [1.54, 1.807) is 0 Å². The van der Waals surface area contributed by atoms with Gasteiger partial charge < -0.3 is 4.74 Å². The summed E-state index contributed by atoms with van der Waals surface area (Å²) in [5, 5.41) is 8.71. The summed E-state index contributed by atoms with van der Waals surface area (Å²) in [7, 11) is 0. The van der Waals surface area contributed by atoms with Gasteiger partial charge in [-0.25, -0.2) is 8.78 Å². The van der Waals surface area contributed by atoms with Gasteiger partial charge in [-0.3, -0.25) is 0 Å². The van der Waals surface area contributed by atoms with Gasteiger partial charge in [0.1, 0.15) is 29.0 Å². The molecule has 6 heteroatoms. The lowest BCUT2D eigenvalue weighted by molar-refractivity contribution is -0.185. The van der Waals surface area contributed by atoms with Gasteiger partial charge in [0.25, 0.3) is 0 Å². The van der Waals surface area contributed by atoms with Gasteiger partial charge in [0, 0.05) is 0 Å². The van der Waals surface area contributed by atoms with E-state index in [4.69, 9.17) is 10.00 Å². The molecule has 182 valence electrons. The number of halogens is 4. The molecule has 4 rings (SSSR count). The molecule has 0 saturated heterocycles. The number of ether oxygens (including phenoxy) is 1. The number of rotatable bonds is 6. The molecule has 0 N–H and O–H groups in total. The molecule has 0 heterocycles. The first-order valence-electron chi connectivity index (χ1n) is 12.4. The van der Waals surface area contributed by atoms with E-state index in [1.807, 2.05) is 12.1 Å². The average molecular weight is 474 g/mol. The van der Waals surface area contributed by atoms with Crippen LogP contribution in [0, 0.1) is 40.7 Å². The predicted octanol–water partition coefficient (Wildman–Crippen LogP) is 8.45. The molecule has 2 nitrogen and oxygen atoms in total. The number of hydrogen-bond acceptors (Lipinski definition) is 2. The van der Waals surface area contributed by atoms with Gasteiger partial charge in [-0.05, 0) is 92.0 Å². The summed E-state index contributed by atoms with van der Waals surface area (Å²) in [6.45, 7) is 2.29. The molecule has 2 saturated carbocycles. The first kappa shape index (κ1) is 24.6. The van der Waals surface area contributed by atoms with E-state index in [0.717, 1.165) is 36.2 Å². The van der Waals surface area contributed by atoms with Crippen LogP contribution in [0.5, 0.6) is 5.75 Å². The molecule has 0 unspecified atom stereocenters. The van der Waals surface area contributed by atoms with Crippen molar-refractivity contribution in [1.29, 1.82) is 5.26 Å². The van der Waals surface area contributed by atoms with Crippen LogP contribution in [0.1, 0.15) is 87.3 Å². The molecule has 2 aromatic rings. The smallest absolute Gasteiger partial charge is 0.426 e. The van der Waals surface area contributed by atoms with Crippen molar-refractivity contribution in [1.82, 2.24) is 0 Å². The lowest BCUT2D eigenvalue weighted by Crippen LogP contribution is -2.25. The summed E-state index contributed by atoms with van der Waals surface area (Å²) >= 11 is 0. The predicted molar refractivity (Wildman–Crippen MR) is 122 cm³/mol. The zero-order valence-corrected chi connectivity index (χ0v) is 19.5. The van der Waals surface area contributed by atoms with Crippen LogP contribution in [0.2, 0.25) is 0 Å². The Morgan fingerprint density at radius 2 is 1.41 bits per heavy atom. The van der Waals surface area contributed by atoms with Crippen molar-refractivity contribution in [2.24, 2.45) is 17.8 Å². The van der Waals surface area contributed by atoms with Gasteiger partial charge in [-0.2, -0.15) is 14.0 Å². The maximum Gasteiger partial charge on any atom is 0.426 e. The van der Waals surface area contributed by atoms with Gasteiger partial charge in [-0.15, -0.1) is 0 Å². The maximum atomic E-state index is 14.5. The van der Waals surface area contributed by atoms with E-state index in [-0.39, 0.29) is 5.75 Å². The second kappa shape index (κ2) is 10.4. The monoisotopic (exact) mass is 473 g/mol. The highest BCUT2D eigenvalue weighted by Crippen LogP contribution is 2.44. The van der Waals surface area contributed by atoms with E-state index >= 15 is 0 Å². The summed E-state index contributed by atoms with van der Waals surface area (Å²) in [6.07, 6.45) is 7.48. The second-order valence-corrected chi connectivity index (χ2v) is 9.92. The third-order valence-corrected chi connectivity index (χ3v) is 7.99. The highest BCUT2D eigenvalue weighted by Gasteiger charge is 2.37. The van der Waals surface area contributed by atoms with E-state index in [2.05, 4.69) is 6.92 Å². The molecule has 0 spiro atoms. The molecule has 2 aromatic carbocycles. The number of benzene rings is 2. The molecule has 0 atom stereocenters. The van der Waals surface area contributed by atoms with Crippen molar-refractivity contribution in [2.75, 3.05) is 0 Å². The van der Waals surface area contributed by atoms with Crippen LogP contribution in [0.25, 0.3) is 0 Å². The Kier molecular flexibility index (Phi) is 7.50. The van der Waals surface area contributed by atoms with Crippen molar-refractivity contribution >= 4 is 0 Å². The number of nitrogens with zero attached hydrogens (tertiary/aromatic N) is 1. The van der Waals surface area contributed by atoms with E-state index in [9.17, 15) is 17.6 Å². The molecule has 34 heavy (non-hydrogen) atoms. The highest BCUT2D eigenvalue weighted by atomic mass is 19.3. The average Bonchev–Trinajstić information content (AvgIpc) is 2.84. The molecule has 0 amide bonds. The maximum absolute atomic E-state index is 14.5. The van der Waals surface area contributed by atoms with Crippen molar-refractivity contribution in [3.63, 3.8) is 0 Å². The van der Waals surface area contributed by atoms with E-state index in [0.29, 0.717) is 18.1 Å². The van der Waals surface area contributed by atoms with Crippen LogP contribution in [-0.2, 0) is 6.11 Å². The Hall–Kier alpha value is -2.55. The second-order valence-electron chi connectivity index (χ2n) is 9.92. The summed E-state index contributed by atoms with van der Waals surface area (Å²) in [5.74, 6) is 0.230. The van der Waals surface area contributed by atoms with Crippen LogP contribution in [0.15, 0.2) is 36.4 Å². The standard InChI is InChI=1S/C28H31F4NO/c1-2-18-3-5-19(6-4-18)20-7-9-21(10-8-20)22-11-13-24(14-12-22)34-28(31,32)23-15-26(29)25(17-33)27(30)16-23/h11-16,18-21H,2-10H2,1H3. The van der Waals surface area contributed by atoms with E-state index in [1.165, 1.54) is 63.1 Å². The minimum Gasteiger partial charge on any atom is -0.429 e. The molecule has 0 radical (unpaired) electrons. The Bertz CT molecular complexity index is 991. The Morgan fingerprint density at radius 3 is 1.91 bits per heavy atom. The van der Waals surface area contributed by atoms with Crippen molar-refractivity contribution in [2.45, 2.75) is 76.7 Å². The summed E-state index contributed by atoms with van der Waals surface area (Å²) in [5.41, 5.74) is -0.761. The summed E-state index contributed by atoms with van der Waals surface area (Å²) < 4.78 is 61.4. The summed E-state index contributed by atoms with van der Waals surface area (Å²) in [6, 6.07) is 8.77. The van der Waals surface area contributed by atoms with Crippen LogP contribution < -0.4 is 4.74 Å². The van der Waals surface area contributed by atoms with Crippen LogP contribution in [-0.4, -0.2) is 0 Å². The molecule has 0 aromatic heterocycles. The fraction of sp³-hybridized carbons (Fsp3) is 0.536. The third-order valence-electron chi connectivity index (χ3n) is 7.99. The van der Waals surface area contributed by atoms with Crippen molar-refractivity contribution in [3.8, 4) is 11.8 Å². The number of alkyl halides is 2. The van der Waals surface area contributed by atoms with Crippen LogP contribution in [0.3, 0.4) is 0 Å². The highest BCUT2D eigenvalue weighted by molar-refractivity contribution is 5.37. The molecule has 2 fully saturated rings. The lowest BCUT2D eigenvalue weighted by atomic mass is 9.68. The minimum atomic E-state index is -3.94.